The summed E-state index contributed by atoms with van der Waals surface area (Å²) in [5, 5.41) is 3.60. The number of hydrogen-bond donors (Lipinski definition) is 0. The molecule has 0 atom stereocenters. The van der Waals surface area contributed by atoms with E-state index in [1.54, 1.807) is 35.0 Å². The zero-order valence-corrected chi connectivity index (χ0v) is 9.73. The maximum absolute atomic E-state index is 11.5. The summed E-state index contributed by atoms with van der Waals surface area (Å²) in [6, 6.07) is 6.94. The van der Waals surface area contributed by atoms with Crippen LogP contribution in [0.1, 0.15) is 19.3 Å². The molecule has 0 saturated carbocycles. The van der Waals surface area contributed by atoms with Crippen LogP contribution in [0.5, 0.6) is 0 Å². The Balaban J connectivity index is 2.11. The highest BCUT2D eigenvalue weighted by atomic mass is 32.1. The predicted molar refractivity (Wildman–Crippen MR) is 65.1 cm³/mol. The third-order valence-corrected chi connectivity index (χ3v) is 3.52. The number of ketones is 2. The SMILES string of the molecule is O=C(C#CC(=O)c1cccs1)c1cccs1. The Morgan fingerprint density at radius 2 is 1.31 bits per heavy atom. The van der Waals surface area contributed by atoms with Crippen molar-refractivity contribution in [2.45, 2.75) is 0 Å². The van der Waals surface area contributed by atoms with Gasteiger partial charge in [-0.05, 0) is 34.7 Å². The topological polar surface area (TPSA) is 34.1 Å². The highest BCUT2D eigenvalue weighted by Gasteiger charge is 2.05. The lowest BCUT2D eigenvalue weighted by molar-refractivity contribution is 0.104. The molecule has 16 heavy (non-hydrogen) atoms. The maximum atomic E-state index is 11.5. The molecule has 0 aliphatic heterocycles. The van der Waals surface area contributed by atoms with Crippen molar-refractivity contribution in [3.63, 3.8) is 0 Å². The van der Waals surface area contributed by atoms with Crippen LogP contribution < -0.4 is 0 Å². The largest absolute Gasteiger partial charge is 0.278 e. The Morgan fingerprint density at radius 1 is 0.875 bits per heavy atom. The lowest BCUT2D eigenvalue weighted by atomic mass is 10.3. The average Bonchev–Trinajstić information content (AvgIpc) is 2.95. The van der Waals surface area contributed by atoms with Crippen LogP contribution in [0.25, 0.3) is 0 Å². The molecule has 0 amide bonds. The molecule has 0 radical (unpaired) electrons. The van der Waals surface area contributed by atoms with E-state index >= 15 is 0 Å². The van der Waals surface area contributed by atoms with Gasteiger partial charge in [0.1, 0.15) is 0 Å². The molecule has 0 N–H and O–H groups in total. The Labute approximate surface area is 101 Å². The van der Waals surface area contributed by atoms with E-state index in [0.29, 0.717) is 9.75 Å². The van der Waals surface area contributed by atoms with Crippen LogP contribution in [0.15, 0.2) is 35.0 Å². The molecule has 2 heterocycles. The molecular weight excluding hydrogens is 240 g/mol. The second-order valence-corrected chi connectivity index (χ2v) is 4.76. The Kier molecular flexibility index (Phi) is 3.30. The normalized spacial score (nSPS) is 9.25. The molecule has 0 fully saturated rings. The molecular formula is C12H6O2S2. The lowest BCUT2D eigenvalue weighted by Crippen LogP contribution is -1.94. The first-order valence-corrected chi connectivity index (χ1v) is 6.21. The van der Waals surface area contributed by atoms with Gasteiger partial charge in [0.2, 0.25) is 11.6 Å². The summed E-state index contributed by atoms with van der Waals surface area (Å²) in [5.74, 6) is 4.09. The van der Waals surface area contributed by atoms with E-state index in [4.69, 9.17) is 0 Å². The second-order valence-electron chi connectivity index (χ2n) is 2.86. The zero-order chi connectivity index (χ0) is 11.4. The third-order valence-electron chi connectivity index (χ3n) is 1.78. The van der Waals surface area contributed by atoms with E-state index in [-0.39, 0.29) is 11.6 Å². The molecule has 2 aromatic rings. The highest BCUT2D eigenvalue weighted by Crippen LogP contribution is 2.10. The summed E-state index contributed by atoms with van der Waals surface area (Å²) in [4.78, 5) is 24.1. The first-order chi connectivity index (χ1) is 7.77. The summed E-state index contributed by atoms with van der Waals surface area (Å²) >= 11 is 2.64. The van der Waals surface area contributed by atoms with E-state index in [1.165, 1.54) is 22.7 Å². The van der Waals surface area contributed by atoms with Crippen molar-refractivity contribution >= 4 is 34.2 Å². The van der Waals surface area contributed by atoms with Crippen LogP contribution in [0, 0.1) is 11.8 Å². The van der Waals surface area contributed by atoms with E-state index < -0.39 is 0 Å². The molecule has 0 unspecified atom stereocenters. The smallest absolute Gasteiger partial charge is 0.246 e. The van der Waals surface area contributed by atoms with Crippen LogP contribution in [0.2, 0.25) is 0 Å². The maximum Gasteiger partial charge on any atom is 0.246 e. The summed E-state index contributed by atoms with van der Waals surface area (Å²) in [7, 11) is 0. The number of rotatable bonds is 2. The third kappa shape index (κ3) is 2.45. The quantitative estimate of drug-likeness (QED) is 0.464. The van der Waals surface area contributed by atoms with Crippen LogP contribution in [-0.2, 0) is 0 Å². The van der Waals surface area contributed by atoms with Gasteiger partial charge in [-0.1, -0.05) is 12.1 Å². The van der Waals surface area contributed by atoms with Crippen LogP contribution >= 0.6 is 22.7 Å². The van der Waals surface area contributed by atoms with Crippen LogP contribution in [0.3, 0.4) is 0 Å². The van der Waals surface area contributed by atoms with Crippen LogP contribution in [-0.4, -0.2) is 11.6 Å². The number of carbonyl (C=O) groups is 2. The van der Waals surface area contributed by atoms with Crippen molar-refractivity contribution in [2.24, 2.45) is 0 Å². The van der Waals surface area contributed by atoms with E-state index in [9.17, 15) is 9.59 Å². The van der Waals surface area contributed by atoms with Gasteiger partial charge < -0.3 is 0 Å². The minimum Gasteiger partial charge on any atom is -0.278 e. The number of carbonyl (C=O) groups excluding carboxylic acids is 2. The van der Waals surface area contributed by atoms with Crippen LogP contribution in [0.4, 0.5) is 0 Å². The fraction of sp³-hybridized carbons (Fsp3) is 0. The van der Waals surface area contributed by atoms with Gasteiger partial charge in [0.05, 0.1) is 9.75 Å². The van der Waals surface area contributed by atoms with Crippen molar-refractivity contribution in [1.82, 2.24) is 0 Å². The standard InChI is InChI=1S/C12H6O2S2/c13-9(11-3-1-7-15-11)5-6-10(14)12-4-2-8-16-12/h1-4,7-8H. The number of hydrogen-bond acceptors (Lipinski definition) is 4. The molecule has 2 aromatic heterocycles. The first-order valence-electron chi connectivity index (χ1n) is 4.45. The summed E-state index contributed by atoms with van der Waals surface area (Å²) in [6.45, 7) is 0. The predicted octanol–water partition coefficient (Wildman–Crippen LogP) is 2.88. The monoisotopic (exact) mass is 246 g/mol. The van der Waals surface area contributed by atoms with Gasteiger partial charge in [0.15, 0.2) is 0 Å². The molecule has 2 nitrogen and oxygen atoms in total. The molecule has 0 bridgehead atoms. The van der Waals surface area contributed by atoms with Gasteiger partial charge in [0, 0.05) is 0 Å². The van der Waals surface area contributed by atoms with E-state index in [1.807, 2.05) is 0 Å². The summed E-state index contributed by atoms with van der Waals surface area (Å²) in [6.07, 6.45) is 0. The molecule has 0 aliphatic carbocycles. The fourth-order valence-corrected chi connectivity index (χ4v) is 2.29. The molecule has 0 spiro atoms. The minimum absolute atomic E-state index is 0.306. The highest BCUT2D eigenvalue weighted by molar-refractivity contribution is 7.12. The fourth-order valence-electron chi connectivity index (χ4n) is 1.05. The van der Waals surface area contributed by atoms with Gasteiger partial charge in [-0.25, -0.2) is 0 Å². The van der Waals surface area contributed by atoms with Gasteiger partial charge in [-0.15, -0.1) is 22.7 Å². The van der Waals surface area contributed by atoms with Crippen molar-refractivity contribution < 1.29 is 9.59 Å². The van der Waals surface area contributed by atoms with Crippen molar-refractivity contribution in [3.8, 4) is 11.8 Å². The Hall–Kier alpha value is -1.70. The van der Waals surface area contributed by atoms with Crippen molar-refractivity contribution in [2.75, 3.05) is 0 Å². The molecule has 0 saturated heterocycles. The van der Waals surface area contributed by atoms with Crippen molar-refractivity contribution in [1.29, 1.82) is 0 Å². The van der Waals surface area contributed by atoms with Gasteiger partial charge in [-0.3, -0.25) is 9.59 Å². The lowest BCUT2D eigenvalue weighted by Gasteiger charge is -1.84. The molecule has 4 heteroatoms. The number of Topliss-reactive ketones (excluding diaryl/α,β-unsaturated/α-hetero) is 2. The molecule has 0 aliphatic rings. The Bertz CT molecular complexity index is 504. The average molecular weight is 246 g/mol. The van der Waals surface area contributed by atoms with Gasteiger partial charge >= 0.3 is 0 Å². The molecule has 0 aromatic carbocycles. The number of thiophene rings is 2. The molecule has 78 valence electrons. The van der Waals surface area contributed by atoms with Gasteiger partial charge in [-0.2, -0.15) is 0 Å². The van der Waals surface area contributed by atoms with Gasteiger partial charge in [0.25, 0.3) is 0 Å². The Morgan fingerprint density at radius 3 is 1.62 bits per heavy atom. The first kappa shape index (κ1) is 10.8. The molecule has 2 rings (SSSR count). The minimum atomic E-state index is -0.306. The summed E-state index contributed by atoms with van der Waals surface area (Å²) in [5.41, 5.74) is 0. The zero-order valence-electron chi connectivity index (χ0n) is 8.10. The van der Waals surface area contributed by atoms with E-state index in [2.05, 4.69) is 11.8 Å². The van der Waals surface area contributed by atoms with Crippen molar-refractivity contribution in [3.05, 3.63) is 44.8 Å². The summed E-state index contributed by atoms with van der Waals surface area (Å²) < 4.78 is 0. The second kappa shape index (κ2) is 4.88. The van der Waals surface area contributed by atoms with E-state index in [0.717, 1.165) is 0 Å².